The molecule has 160 valence electrons. The molecule has 3 rings (SSSR count). The maximum atomic E-state index is 12.9. The summed E-state index contributed by atoms with van der Waals surface area (Å²) in [5.74, 6) is -0.930. The smallest absolute Gasteiger partial charge is 0.243 e. The molecule has 0 spiro atoms. The van der Waals surface area contributed by atoms with Gasteiger partial charge in [0.15, 0.2) is 0 Å². The van der Waals surface area contributed by atoms with Crippen molar-refractivity contribution in [1.29, 1.82) is 0 Å². The lowest BCUT2D eigenvalue weighted by Gasteiger charge is -2.21. The molecule has 1 heterocycles. The molecular formula is C21H24FN3O4S. The molecule has 1 atom stereocenters. The van der Waals surface area contributed by atoms with Gasteiger partial charge in [0, 0.05) is 32.2 Å². The molecule has 7 nitrogen and oxygen atoms in total. The van der Waals surface area contributed by atoms with Gasteiger partial charge in [0.2, 0.25) is 21.8 Å². The number of rotatable bonds is 6. The molecule has 0 aliphatic carbocycles. The van der Waals surface area contributed by atoms with Gasteiger partial charge in [0.25, 0.3) is 0 Å². The number of anilines is 1. The Labute approximate surface area is 175 Å². The molecule has 0 radical (unpaired) electrons. The van der Waals surface area contributed by atoms with Crippen molar-refractivity contribution in [2.24, 2.45) is 0 Å². The van der Waals surface area contributed by atoms with Crippen LogP contribution in [0.15, 0.2) is 47.4 Å². The SMILES string of the molecule is CC(=O)N1c2ccc(S(=O)(=O)N(C)CC(=O)NCc3ccc(F)cc3)cc2C[C@H]1C. The minimum absolute atomic E-state index is 0.0366. The van der Waals surface area contributed by atoms with Gasteiger partial charge in [-0.3, -0.25) is 9.59 Å². The highest BCUT2D eigenvalue weighted by Gasteiger charge is 2.31. The molecule has 0 bridgehead atoms. The molecule has 1 aliphatic rings. The van der Waals surface area contributed by atoms with Gasteiger partial charge in [-0.25, -0.2) is 12.8 Å². The third-order valence-electron chi connectivity index (χ3n) is 5.08. The third-order valence-corrected chi connectivity index (χ3v) is 6.88. The van der Waals surface area contributed by atoms with Crippen molar-refractivity contribution in [3.8, 4) is 0 Å². The summed E-state index contributed by atoms with van der Waals surface area (Å²) in [6, 6.07) is 10.3. The number of likely N-dealkylation sites (N-methyl/N-ethyl adjacent to an activating group) is 1. The summed E-state index contributed by atoms with van der Waals surface area (Å²) in [5.41, 5.74) is 2.21. The number of nitrogens with zero attached hydrogens (tertiary/aromatic N) is 2. The summed E-state index contributed by atoms with van der Waals surface area (Å²) in [6.07, 6.45) is 0.570. The lowest BCUT2D eigenvalue weighted by molar-refractivity contribution is -0.121. The van der Waals surface area contributed by atoms with Gasteiger partial charge in [-0.1, -0.05) is 12.1 Å². The zero-order chi connectivity index (χ0) is 22.1. The number of benzene rings is 2. The quantitative estimate of drug-likeness (QED) is 0.756. The maximum absolute atomic E-state index is 12.9. The Morgan fingerprint density at radius 3 is 2.50 bits per heavy atom. The second-order valence-corrected chi connectivity index (χ2v) is 9.44. The number of fused-ring (bicyclic) bond motifs is 1. The van der Waals surface area contributed by atoms with E-state index >= 15 is 0 Å². The van der Waals surface area contributed by atoms with Crippen molar-refractivity contribution in [3.63, 3.8) is 0 Å². The molecule has 0 aromatic heterocycles. The highest BCUT2D eigenvalue weighted by atomic mass is 32.2. The summed E-state index contributed by atoms with van der Waals surface area (Å²) in [6.45, 7) is 3.21. The van der Waals surface area contributed by atoms with E-state index in [4.69, 9.17) is 0 Å². The van der Waals surface area contributed by atoms with Gasteiger partial charge < -0.3 is 10.2 Å². The number of hydrogen-bond acceptors (Lipinski definition) is 4. The van der Waals surface area contributed by atoms with Crippen molar-refractivity contribution in [2.75, 3.05) is 18.5 Å². The molecule has 30 heavy (non-hydrogen) atoms. The normalized spacial score (nSPS) is 15.9. The Morgan fingerprint density at radius 1 is 1.20 bits per heavy atom. The number of hydrogen-bond donors (Lipinski definition) is 1. The highest BCUT2D eigenvalue weighted by molar-refractivity contribution is 7.89. The van der Waals surface area contributed by atoms with E-state index in [1.54, 1.807) is 29.2 Å². The Morgan fingerprint density at radius 2 is 1.87 bits per heavy atom. The van der Waals surface area contributed by atoms with E-state index in [1.165, 1.54) is 32.2 Å². The Bertz CT molecular complexity index is 1070. The molecule has 2 aromatic carbocycles. The first-order valence-electron chi connectivity index (χ1n) is 9.50. The predicted octanol–water partition coefficient (Wildman–Crippen LogP) is 2.06. The van der Waals surface area contributed by atoms with E-state index in [-0.39, 0.29) is 35.8 Å². The van der Waals surface area contributed by atoms with Crippen LogP contribution in [-0.2, 0) is 32.6 Å². The Hall–Kier alpha value is -2.78. The van der Waals surface area contributed by atoms with Crippen LogP contribution in [-0.4, -0.2) is 44.2 Å². The fourth-order valence-electron chi connectivity index (χ4n) is 3.57. The zero-order valence-corrected chi connectivity index (χ0v) is 17.9. The summed E-state index contributed by atoms with van der Waals surface area (Å²) in [5, 5.41) is 2.63. The van der Waals surface area contributed by atoms with E-state index in [0.29, 0.717) is 17.7 Å². The third kappa shape index (κ3) is 4.52. The molecule has 2 amide bonds. The van der Waals surface area contributed by atoms with Gasteiger partial charge in [0.1, 0.15) is 5.82 Å². The van der Waals surface area contributed by atoms with E-state index < -0.39 is 15.9 Å². The number of sulfonamides is 1. The minimum atomic E-state index is -3.88. The largest absolute Gasteiger partial charge is 0.351 e. The number of amides is 2. The lowest BCUT2D eigenvalue weighted by atomic mass is 10.1. The topological polar surface area (TPSA) is 86.8 Å². The standard InChI is InChI=1S/C21H24FN3O4S/c1-14-10-17-11-19(8-9-20(17)25(14)15(2)26)30(28,29)24(3)13-21(27)23-12-16-4-6-18(22)7-5-16/h4-9,11,14H,10,12-13H2,1-3H3,(H,23,27)/t14-/m1/s1. The highest BCUT2D eigenvalue weighted by Crippen LogP contribution is 2.34. The van der Waals surface area contributed by atoms with Crippen LogP contribution in [0.3, 0.4) is 0 Å². The van der Waals surface area contributed by atoms with Crippen LogP contribution in [0.4, 0.5) is 10.1 Å². The molecule has 9 heteroatoms. The first-order chi connectivity index (χ1) is 14.1. The molecular weight excluding hydrogens is 409 g/mol. The van der Waals surface area contributed by atoms with Crippen molar-refractivity contribution in [2.45, 2.75) is 37.8 Å². The van der Waals surface area contributed by atoms with Crippen LogP contribution in [0.1, 0.15) is 25.0 Å². The summed E-state index contributed by atoms with van der Waals surface area (Å²) in [7, 11) is -2.54. The Balaban J connectivity index is 1.68. The summed E-state index contributed by atoms with van der Waals surface area (Å²) >= 11 is 0. The van der Waals surface area contributed by atoms with E-state index in [2.05, 4.69) is 5.32 Å². The monoisotopic (exact) mass is 433 g/mol. The van der Waals surface area contributed by atoms with Crippen LogP contribution < -0.4 is 10.2 Å². The molecule has 2 aromatic rings. The van der Waals surface area contributed by atoms with Crippen molar-refractivity contribution in [3.05, 3.63) is 59.4 Å². The predicted molar refractivity (Wildman–Crippen MR) is 111 cm³/mol. The van der Waals surface area contributed by atoms with E-state index in [9.17, 15) is 22.4 Å². The number of nitrogens with one attached hydrogen (secondary N) is 1. The fourth-order valence-corrected chi connectivity index (χ4v) is 4.75. The van der Waals surface area contributed by atoms with Crippen molar-refractivity contribution < 1.29 is 22.4 Å². The fraction of sp³-hybridized carbons (Fsp3) is 0.333. The first-order valence-corrected chi connectivity index (χ1v) is 10.9. The van der Waals surface area contributed by atoms with Gasteiger partial charge in [-0.2, -0.15) is 4.31 Å². The van der Waals surface area contributed by atoms with Crippen LogP contribution in [0.2, 0.25) is 0 Å². The van der Waals surface area contributed by atoms with Crippen molar-refractivity contribution >= 4 is 27.5 Å². The van der Waals surface area contributed by atoms with Gasteiger partial charge in [0.05, 0.1) is 11.4 Å². The second-order valence-electron chi connectivity index (χ2n) is 7.40. The number of halogens is 1. The minimum Gasteiger partial charge on any atom is -0.351 e. The van der Waals surface area contributed by atoms with E-state index in [0.717, 1.165) is 9.87 Å². The second kappa shape index (κ2) is 8.53. The summed E-state index contributed by atoms with van der Waals surface area (Å²) < 4.78 is 39.7. The van der Waals surface area contributed by atoms with Gasteiger partial charge >= 0.3 is 0 Å². The van der Waals surface area contributed by atoms with Crippen LogP contribution in [0.25, 0.3) is 0 Å². The molecule has 0 unspecified atom stereocenters. The van der Waals surface area contributed by atoms with Crippen molar-refractivity contribution in [1.82, 2.24) is 9.62 Å². The van der Waals surface area contributed by atoms with Gasteiger partial charge in [-0.15, -0.1) is 0 Å². The molecule has 0 saturated carbocycles. The van der Waals surface area contributed by atoms with E-state index in [1.807, 2.05) is 6.92 Å². The first kappa shape index (κ1) is 21.9. The molecule has 0 saturated heterocycles. The van der Waals surface area contributed by atoms with Gasteiger partial charge in [-0.05, 0) is 54.8 Å². The molecule has 0 fully saturated rings. The number of carbonyl (C=O) groups is 2. The maximum Gasteiger partial charge on any atom is 0.243 e. The van der Waals surface area contributed by atoms with Crippen LogP contribution >= 0.6 is 0 Å². The lowest BCUT2D eigenvalue weighted by Crippen LogP contribution is -2.38. The average molecular weight is 434 g/mol. The zero-order valence-electron chi connectivity index (χ0n) is 17.1. The van der Waals surface area contributed by atoms with Crippen LogP contribution in [0, 0.1) is 5.82 Å². The van der Waals surface area contributed by atoms with Crippen LogP contribution in [0.5, 0.6) is 0 Å². The molecule has 1 aliphatic heterocycles. The number of carbonyl (C=O) groups excluding carboxylic acids is 2. The Kier molecular flexibility index (Phi) is 6.23. The summed E-state index contributed by atoms with van der Waals surface area (Å²) in [4.78, 5) is 25.8. The molecule has 1 N–H and O–H groups in total. The average Bonchev–Trinajstić information content (AvgIpc) is 3.02.